The molecule has 0 aliphatic carbocycles. The Bertz CT molecular complexity index is 318. The summed E-state index contributed by atoms with van der Waals surface area (Å²) in [6.07, 6.45) is 3.95. The molecular formula is C16H27NO. The molecule has 1 rings (SSSR count). The van der Waals surface area contributed by atoms with Gasteiger partial charge in [0.25, 0.3) is 0 Å². The van der Waals surface area contributed by atoms with Gasteiger partial charge in [-0.15, -0.1) is 0 Å². The number of ether oxygens (including phenoxy) is 1. The molecule has 0 aromatic heterocycles. The van der Waals surface area contributed by atoms with Crippen LogP contribution in [0.3, 0.4) is 0 Å². The van der Waals surface area contributed by atoms with E-state index in [1.54, 1.807) is 0 Å². The smallest absolute Gasteiger partial charge is 0.119 e. The van der Waals surface area contributed by atoms with Crippen LogP contribution in [0, 0.1) is 0 Å². The monoisotopic (exact) mass is 249 g/mol. The standard InChI is InChI=1S/C16H27NO/c1-5-7-8-16(17-6-2)14-9-11-15(12-10-14)18-13(3)4/h9-13,16-17H,5-8H2,1-4H3. The highest BCUT2D eigenvalue weighted by atomic mass is 16.5. The first-order valence-electron chi connectivity index (χ1n) is 7.17. The molecule has 0 saturated heterocycles. The minimum Gasteiger partial charge on any atom is -0.491 e. The molecule has 0 aliphatic heterocycles. The fourth-order valence-corrected chi connectivity index (χ4v) is 2.09. The summed E-state index contributed by atoms with van der Waals surface area (Å²) in [4.78, 5) is 0. The third-order valence-electron chi connectivity index (χ3n) is 2.95. The second-order valence-electron chi connectivity index (χ2n) is 4.99. The third-order valence-corrected chi connectivity index (χ3v) is 2.95. The van der Waals surface area contributed by atoms with Gasteiger partial charge in [-0.25, -0.2) is 0 Å². The normalized spacial score (nSPS) is 12.7. The van der Waals surface area contributed by atoms with Crippen molar-refractivity contribution in [3.63, 3.8) is 0 Å². The minimum atomic E-state index is 0.237. The number of rotatable bonds is 8. The number of hydrogen-bond donors (Lipinski definition) is 1. The van der Waals surface area contributed by atoms with Gasteiger partial charge in [0.15, 0.2) is 0 Å². The Balaban J connectivity index is 2.67. The summed E-state index contributed by atoms with van der Waals surface area (Å²) in [7, 11) is 0. The van der Waals surface area contributed by atoms with Gasteiger partial charge in [-0.2, -0.15) is 0 Å². The molecule has 0 spiro atoms. The lowest BCUT2D eigenvalue weighted by Crippen LogP contribution is -2.20. The quantitative estimate of drug-likeness (QED) is 0.741. The first kappa shape index (κ1) is 15.0. The van der Waals surface area contributed by atoms with Crippen LogP contribution < -0.4 is 10.1 Å². The summed E-state index contributed by atoms with van der Waals surface area (Å²) in [6, 6.07) is 8.99. The summed E-state index contributed by atoms with van der Waals surface area (Å²) < 4.78 is 5.67. The summed E-state index contributed by atoms with van der Waals surface area (Å²) in [5.41, 5.74) is 1.36. The lowest BCUT2D eigenvalue weighted by atomic mass is 10.0. The summed E-state index contributed by atoms with van der Waals surface area (Å²) in [5, 5.41) is 3.55. The Morgan fingerprint density at radius 1 is 1.11 bits per heavy atom. The van der Waals surface area contributed by atoms with E-state index in [0.717, 1.165) is 12.3 Å². The van der Waals surface area contributed by atoms with Gasteiger partial charge in [0.05, 0.1) is 6.10 Å². The van der Waals surface area contributed by atoms with E-state index in [-0.39, 0.29) is 6.10 Å². The number of nitrogens with one attached hydrogen (secondary N) is 1. The van der Waals surface area contributed by atoms with Crippen molar-refractivity contribution in [2.24, 2.45) is 0 Å². The Labute approximate surface area is 112 Å². The van der Waals surface area contributed by atoms with E-state index in [2.05, 4.69) is 57.3 Å². The van der Waals surface area contributed by atoms with E-state index in [4.69, 9.17) is 4.74 Å². The zero-order valence-electron chi connectivity index (χ0n) is 12.2. The van der Waals surface area contributed by atoms with Crippen LogP contribution in [-0.2, 0) is 0 Å². The molecule has 2 nitrogen and oxygen atoms in total. The number of benzene rings is 1. The largest absolute Gasteiger partial charge is 0.491 e. The second-order valence-corrected chi connectivity index (χ2v) is 4.99. The molecule has 2 heteroatoms. The van der Waals surface area contributed by atoms with Gasteiger partial charge in [0.2, 0.25) is 0 Å². The molecule has 102 valence electrons. The van der Waals surface area contributed by atoms with Crippen molar-refractivity contribution in [3.8, 4) is 5.75 Å². The maximum Gasteiger partial charge on any atom is 0.119 e. The molecule has 0 amide bonds. The second kappa shape index (κ2) is 8.15. The summed E-state index contributed by atoms with van der Waals surface area (Å²) in [5.74, 6) is 0.958. The molecule has 0 saturated carbocycles. The molecule has 0 bridgehead atoms. The molecule has 0 fully saturated rings. The number of hydrogen-bond acceptors (Lipinski definition) is 2. The van der Waals surface area contributed by atoms with Crippen LogP contribution in [0.25, 0.3) is 0 Å². The van der Waals surface area contributed by atoms with Crippen molar-refractivity contribution < 1.29 is 4.74 Å². The van der Waals surface area contributed by atoms with Crippen LogP contribution in [0.15, 0.2) is 24.3 Å². The van der Waals surface area contributed by atoms with Crippen molar-refractivity contribution in [1.29, 1.82) is 0 Å². The van der Waals surface area contributed by atoms with Crippen molar-refractivity contribution >= 4 is 0 Å². The van der Waals surface area contributed by atoms with Crippen LogP contribution in [0.4, 0.5) is 0 Å². The third kappa shape index (κ3) is 5.09. The predicted octanol–water partition coefficient (Wildman–Crippen LogP) is 4.31. The lowest BCUT2D eigenvalue weighted by molar-refractivity contribution is 0.242. The zero-order valence-corrected chi connectivity index (χ0v) is 12.2. The topological polar surface area (TPSA) is 21.3 Å². The van der Waals surface area contributed by atoms with E-state index in [1.165, 1.54) is 24.8 Å². The highest BCUT2D eigenvalue weighted by molar-refractivity contribution is 5.29. The highest BCUT2D eigenvalue weighted by Crippen LogP contribution is 2.22. The maximum atomic E-state index is 5.67. The molecule has 0 heterocycles. The van der Waals surface area contributed by atoms with Crippen molar-refractivity contribution in [3.05, 3.63) is 29.8 Å². The fourth-order valence-electron chi connectivity index (χ4n) is 2.09. The molecule has 1 aromatic rings. The molecular weight excluding hydrogens is 222 g/mol. The first-order chi connectivity index (χ1) is 8.67. The average Bonchev–Trinajstić information content (AvgIpc) is 2.35. The summed E-state index contributed by atoms with van der Waals surface area (Å²) in [6.45, 7) is 9.52. The molecule has 1 N–H and O–H groups in total. The van der Waals surface area contributed by atoms with Gasteiger partial charge in [-0.1, -0.05) is 38.8 Å². The Morgan fingerprint density at radius 3 is 2.28 bits per heavy atom. The van der Waals surface area contributed by atoms with Gasteiger partial charge in [-0.3, -0.25) is 0 Å². The van der Waals surface area contributed by atoms with E-state index in [1.807, 2.05) is 0 Å². The van der Waals surface area contributed by atoms with E-state index in [0.29, 0.717) is 6.04 Å². The molecule has 0 radical (unpaired) electrons. The number of unbranched alkanes of at least 4 members (excludes halogenated alkanes) is 1. The SMILES string of the molecule is CCCCC(NCC)c1ccc(OC(C)C)cc1. The molecule has 1 atom stereocenters. The maximum absolute atomic E-state index is 5.67. The van der Waals surface area contributed by atoms with Crippen LogP contribution >= 0.6 is 0 Å². The highest BCUT2D eigenvalue weighted by Gasteiger charge is 2.09. The minimum absolute atomic E-state index is 0.237. The first-order valence-corrected chi connectivity index (χ1v) is 7.17. The van der Waals surface area contributed by atoms with Crippen molar-refractivity contribution in [2.75, 3.05) is 6.54 Å². The van der Waals surface area contributed by atoms with Crippen LogP contribution in [0.1, 0.15) is 58.6 Å². The van der Waals surface area contributed by atoms with Crippen LogP contribution in [-0.4, -0.2) is 12.6 Å². The fraction of sp³-hybridized carbons (Fsp3) is 0.625. The van der Waals surface area contributed by atoms with Gasteiger partial charge in [0.1, 0.15) is 5.75 Å². The van der Waals surface area contributed by atoms with E-state index < -0.39 is 0 Å². The molecule has 1 aromatic carbocycles. The van der Waals surface area contributed by atoms with Crippen LogP contribution in [0.2, 0.25) is 0 Å². The molecule has 18 heavy (non-hydrogen) atoms. The van der Waals surface area contributed by atoms with Gasteiger partial charge >= 0.3 is 0 Å². The van der Waals surface area contributed by atoms with Gasteiger partial charge < -0.3 is 10.1 Å². The Kier molecular flexibility index (Phi) is 6.81. The molecule has 0 aliphatic rings. The van der Waals surface area contributed by atoms with E-state index >= 15 is 0 Å². The molecule has 1 unspecified atom stereocenters. The average molecular weight is 249 g/mol. The Hall–Kier alpha value is -1.02. The predicted molar refractivity (Wildman–Crippen MR) is 78.1 cm³/mol. The van der Waals surface area contributed by atoms with Gasteiger partial charge in [0, 0.05) is 6.04 Å². The van der Waals surface area contributed by atoms with E-state index in [9.17, 15) is 0 Å². The zero-order chi connectivity index (χ0) is 13.4. The van der Waals surface area contributed by atoms with Gasteiger partial charge in [-0.05, 0) is 44.5 Å². The lowest BCUT2D eigenvalue weighted by Gasteiger charge is -2.19. The van der Waals surface area contributed by atoms with Crippen LogP contribution in [0.5, 0.6) is 5.75 Å². The summed E-state index contributed by atoms with van der Waals surface area (Å²) >= 11 is 0. The van der Waals surface area contributed by atoms with Crippen molar-refractivity contribution in [1.82, 2.24) is 5.32 Å². The van der Waals surface area contributed by atoms with Crippen molar-refractivity contribution in [2.45, 2.75) is 59.1 Å². The Morgan fingerprint density at radius 2 is 1.78 bits per heavy atom.